The summed E-state index contributed by atoms with van der Waals surface area (Å²) in [5.74, 6) is 0. The topological polar surface area (TPSA) is 12.0 Å². The van der Waals surface area contributed by atoms with Crippen molar-refractivity contribution in [1.29, 1.82) is 0 Å². The van der Waals surface area contributed by atoms with E-state index in [0.29, 0.717) is 6.04 Å². The molecule has 18 heavy (non-hydrogen) atoms. The van der Waals surface area contributed by atoms with E-state index in [1.807, 2.05) is 0 Å². The lowest BCUT2D eigenvalue weighted by atomic mass is 10.0. The Labute approximate surface area is 112 Å². The summed E-state index contributed by atoms with van der Waals surface area (Å²) in [6.45, 7) is 7.67. The Kier molecular flexibility index (Phi) is 7.43. The minimum Gasteiger partial charge on any atom is -0.311 e. The van der Waals surface area contributed by atoms with Gasteiger partial charge >= 0.3 is 0 Å². The van der Waals surface area contributed by atoms with E-state index >= 15 is 0 Å². The number of nitrogens with one attached hydrogen (secondary N) is 1. The molecule has 0 atom stereocenters. The van der Waals surface area contributed by atoms with Crippen LogP contribution in [0.5, 0.6) is 0 Å². The van der Waals surface area contributed by atoms with Crippen LogP contribution in [0.25, 0.3) is 6.08 Å². The normalized spacial score (nSPS) is 12.1. The van der Waals surface area contributed by atoms with Crippen LogP contribution in [0.3, 0.4) is 0 Å². The van der Waals surface area contributed by atoms with Crippen LogP contribution in [-0.2, 0) is 0 Å². The van der Waals surface area contributed by atoms with Gasteiger partial charge in [0.2, 0.25) is 0 Å². The van der Waals surface area contributed by atoms with Gasteiger partial charge in [0.25, 0.3) is 0 Å². The summed E-state index contributed by atoms with van der Waals surface area (Å²) < 4.78 is 0. The van der Waals surface area contributed by atoms with Crippen molar-refractivity contribution in [2.75, 3.05) is 6.54 Å². The van der Waals surface area contributed by atoms with Crippen molar-refractivity contribution < 1.29 is 0 Å². The molecule has 0 aliphatic rings. The average Bonchev–Trinajstić information content (AvgIpc) is 2.37. The minimum absolute atomic E-state index is 0.551. The van der Waals surface area contributed by atoms with Crippen molar-refractivity contribution in [3.63, 3.8) is 0 Å². The molecule has 0 aliphatic heterocycles. The molecule has 100 valence electrons. The second-order valence-electron chi connectivity index (χ2n) is 5.21. The van der Waals surface area contributed by atoms with Crippen LogP contribution in [0, 0.1) is 0 Å². The summed E-state index contributed by atoms with van der Waals surface area (Å²) in [6.07, 6.45) is 7.46. The van der Waals surface area contributed by atoms with Gasteiger partial charge in [-0.1, -0.05) is 75.6 Å². The Balaban J connectivity index is 2.60. The van der Waals surface area contributed by atoms with Gasteiger partial charge in [-0.25, -0.2) is 0 Å². The fraction of sp³-hybridized carbons (Fsp3) is 0.529. The van der Waals surface area contributed by atoms with Crippen LogP contribution in [0.4, 0.5) is 0 Å². The fourth-order valence-corrected chi connectivity index (χ4v) is 1.93. The molecule has 1 nitrogen and oxygen atoms in total. The fourth-order valence-electron chi connectivity index (χ4n) is 1.93. The zero-order chi connectivity index (χ0) is 13.2. The van der Waals surface area contributed by atoms with Crippen molar-refractivity contribution in [3.05, 3.63) is 41.5 Å². The molecular weight excluding hydrogens is 218 g/mol. The SMILES string of the molecule is CCCCCC(=Cc1ccccc1)CNC(C)C. The van der Waals surface area contributed by atoms with Crippen molar-refractivity contribution in [3.8, 4) is 0 Å². The molecule has 0 spiro atoms. The summed E-state index contributed by atoms with van der Waals surface area (Å²) in [6, 6.07) is 11.2. The van der Waals surface area contributed by atoms with Gasteiger partial charge in [-0.3, -0.25) is 0 Å². The van der Waals surface area contributed by atoms with Gasteiger partial charge in [-0.2, -0.15) is 0 Å². The first kappa shape index (κ1) is 15.0. The maximum Gasteiger partial charge on any atom is 0.0170 e. The number of hydrogen-bond donors (Lipinski definition) is 1. The van der Waals surface area contributed by atoms with Crippen molar-refractivity contribution in [2.24, 2.45) is 0 Å². The Morgan fingerprint density at radius 1 is 1.17 bits per heavy atom. The van der Waals surface area contributed by atoms with Gasteiger partial charge in [-0.15, -0.1) is 0 Å². The molecule has 0 saturated heterocycles. The summed E-state index contributed by atoms with van der Waals surface area (Å²) >= 11 is 0. The molecule has 0 saturated carbocycles. The highest BCUT2D eigenvalue weighted by atomic mass is 14.9. The Morgan fingerprint density at radius 3 is 2.50 bits per heavy atom. The molecule has 0 aromatic heterocycles. The molecule has 0 bridgehead atoms. The van der Waals surface area contributed by atoms with Crippen LogP contribution >= 0.6 is 0 Å². The van der Waals surface area contributed by atoms with E-state index in [0.717, 1.165) is 6.54 Å². The highest BCUT2D eigenvalue weighted by Gasteiger charge is 2.00. The molecule has 0 amide bonds. The molecule has 0 unspecified atom stereocenters. The molecule has 0 fully saturated rings. The second kappa shape index (κ2) is 8.93. The molecular formula is C17H27N. The first-order chi connectivity index (χ1) is 8.72. The third kappa shape index (κ3) is 6.61. The Morgan fingerprint density at radius 2 is 1.89 bits per heavy atom. The van der Waals surface area contributed by atoms with Gasteiger partial charge in [0.15, 0.2) is 0 Å². The molecule has 0 radical (unpaired) electrons. The van der Waals surface area contributed by atoms with Gasteiger partial charge in [0, 0.05) is 12.6 Å². The molecule has 1 N–H and O–H groups in total. The van der Waals surface area contributed by atoms with E-state index in [9.17, 15) is 0 Å². The van der Waals surface area contributed by atoms with Crippen LogP contribution < -0.4 is 5.32 Å². The lowest BCUT2D eigenvalue weighted by Gasteiger charge is -2.12. The largest absolute Gasteiger partial charge is 0.311 e. The summed E-state index contributed by atoms with van der Waals surface area (Å²) in [5, 5.41) is 3.52. The van der Waals surface area contributed by atoms with E-state index in [1.54, 1.807) is 0 Å². The predicted molar refractivity (Wildman–Crippen MR) is 81.7 cm³/mol. The van der Waals surface area contributed by atoms with Crippen molar-refractivity contribution >= 4 is 6.08 Å². The quantitative estimate of drug-likeness (QED) is 0.657. The summed E-state index contributed by atoms with van der Waals surface area (Å²) in [7, 11) is 0. The zero-order valence-corrected chi connectivity index (χ0v) is 12.1. The molecule has 0 aliphatic carbocycles. The molecule has 0 heterocycles. The monoisotopic (exact) mass is 245 g/mol. The van der Waals surface area contributed by atoms with Gasteiger partial charge < -0.3 is 5.32 Å². The van der Waals surface area contributed by atoms with Crippen LogP contribution in [0.1, 0.15) is 52.0 Å². The van der Waals surface area contributed by atoms with E-state index in [2.05, 4.69) is 62.5 Å². The number of rotatable bonds is 8. The molecule has 1 aromatic carbocycles. The van der Waals surface area contributed by atoms with Gasteiger partial charge in [0.1, 0.15) is 0 Å². The van der Waals surface area contributed by atoms with Crippen LogP contribution in [0.2, 0.25) is 0 Å². The number of unbranched alkanes of at least 4 members (excludes halogenated alkanes) is 2. The number of hydrogen-bond acceptors (Lipinski definition) is 1. The Hall–Kier alpha value is -1.08. The minimum atomic E-state index is 0.551. The predicted octanol–water partition coefficient (Wildman–Crippen LogP) is 4.65. The van der Waals surface area contributed by atoms with E-state index in [-0.39, 0.29) is 0 Å². The lowest BCUT2D eigenvalue weighted by Crippen LogP contribution is -2.24. The van der Waals surface area contributed by atoms with Gasteiger partial charge in [-0.05, 0) is 18.4 Å². The third-order valence-electron chi connectivity index (χ3n) is 3.01. The smallest absolute Gasteiger partial charge is 0.0170 e. The first-order valence-electron chi connectivity index (χ1n) is 7.20. The third-order valence-corrected chi connectivity index (χ3v) is 3.01. The first-order valence-corrected chi connectivity index (χ1v) is 7.20. The van der Waals surface area contributed by atoms with Crippen LogP contribution in [0.15, 0.2) is 35.9 Å². The molecule has 1 aromatic rings. The standard InChI is InChI=1S/C17H27N/c1-4-5-7-12-17(14-18-15(2)3)13-16-10-8-6-9-11-16/h6,8-11,13,15,18H,4-5,7,12,14H2,1-3H3. The zero-order valence-electron chi connectivity index (χ0n) is 12.1. The Bertz CT molecular complexity index is 338. The second-order valence-corrected chi connectivity index (χ2v) is 5.21. The van der Waals surface area contributed by atoms with E-state index < -0.39 is 0 Å². The van der Waals surface area contributed by atoms with E-state index in [4.69, 9.17) is 0 Å². The van der Waals surface area contributed by atoms with Gasteiger partial charge in [0.05, 0.1) is 0 Å². The lowest BCUT2D eigenvalue weighted by molar-refractivity contribution is 0.604. The van der Waals surface area contributed by atoms with Crippen molar-refractivity contribution in [2.45, 2.75) is 52.5 Å². The average molecular weight is 245 g/mol. The summed E-state index contributed by atoms with van der Waals surface area (Å²) in [5.41, 5.74) is 2.83. The van der Waals surface area contributed by atoms with E-state index in [1.165, 1.54) is 36.8 Å². The highest BCUT2D eigenvalue weighted by molar-refractivity contribution is 5.52. The maximum atomic E-state index is 3.52. The summed E-state index contributed by atoms with van der Waals surface area (Å²) in [4.78, 5) is 0. The van der Waals surface area contributed by atoms with Crippen LogP contribution in [-0.4, -0.2) is 12.6 Å². The maximum absolute atomic E-state index is 3.52. The highest BCUT2D eigenvalue weighted by Crippen LogP contribution is 2.13. The molecule has 1 rings (SSSR count). The molecule has 1 heteroatoms. The van der Waals surface area contributed by atoms with Crippen molar-refractivity contribution in [1.82, 2.24) is 5.32 Å². The number of benzene rings is 1.